The van der Waals surface area contributed by atoms with Crippen molar-refractivity contribution in [3.05, 3.63) is 96.3 Å². The molecule has 2 aromatic heterocycles. The molecule has 3 aromatic carbocycles. The first kappa shape index (κ1) is 15.0. The molecule has 0 saturated carbocycles. The van der Waals surface area contributed by atoms with E-state index in [0.29, 0.717) is 0 Å². The third kappa shape index (κ3) is 2.19. The second kappa shape index (κ2) is 5.63. The highest BCUT2D eigenvalue weighted by atomic mass is 15.0. The molecule has 5 rings (SSSR count). The molecule has 2 heteroatoms. The number of nitrogens with zero attached hydrogens (tertiary/aromatic N) is 2. The van der Waals surface area contributed by atoms with Gasteiger partial charge in [0.2, 0.25) is 0 Å². The molecule has 0 spiro atoms. The van der Waals surface area contributed by atoms with E-state index in [4.69, 9.17) is 0 Å². The molecule has 0 radical (unpaired) electrons. The van der Waals surface area contributed by atoms with Gasteiger partial charge in [0.1, 0.15) is 0 Å². The lowest BCUT2D eigenvalue weighted by atomic mass is 10.2. The number of rotatable bonds is 2. The maximum atomic E-state index is 2.27. The Balaban J connectivity index is 1.63. The van der Waals surface area contributed by atoms with Gasteiger partial charge in [0.15, 0.2) is 0 Å². The molecule has 2 nitrogen and oxygen atoms in total. The number of aromatic nitrogens is 2. The van der Waals surface area contributed by atoms with Crippen LogP contribution < -0.4 is 0 Å². The molecule has 0 aliphatic carbocycles. The van der Waals surface area contributed by atoms with E-state index in [0.717, 1.165) is 0 Å². The van der Waals surface area contributed by atoms with Gasteiger partial charge in [-0.05, 0) is 61.4 Å². The lowest BCUT2D eigenvalue weighted by Crippen LogP contribution is -1.95. The molecule has 126 valence electrons. The van der Waals surface area contributed by atoms with Gasteiger partial charge in [-0.3, -0.25) is 0 Å². The minimum absolute atomic E-state index is 1.19. The molecule has 0 unspecified atom stereocenters. The summed E-state index contributed by atoms with van der Waals surface area (Å²) in [6, 6.07) is 25.9. The molecule has 0 fully saturated rings. The summed E-state index contributed by atoms with van der Waals surface area (Å²) < 4.78 is 4.54. The molecular formula is C24H20N2. The Morgan fingerprint density at radius 3 is 1.31 bits per heavy atom. The topological polar surface area (TPSA) is 9.86 Å². The van der Waals surface area contributed by atoms with Crippen LogP contribution in [0.4, 0.5) is 0 Å². The monoisotopic (exact) mass is 336 g/mol. The zero-order valence-electron chi connectivity index (χ0n) is 15.0. The predicted molar refractivity (Wildman–Crippen MR) is 110 cm³/mol. The van der Waals surface area contributed by atoms with Crippen molar-refractivity contribution >= 4 is 21.8 Å². The fourth-order valence-electron chi connectivity index (χ4n) is 3.90. The van der Waals surface area contributed by atoms with Gasteiger partial charge in [-0.1, -0.05) is 36.4 Å². The van der Waals surface area contributed by atoms with E-state index in [9.17, 15) is 0 Å². The molecule has 0 atom stereocenters. The maximum Gasteiger partial charge on any atom is 0.0531 e. The summed E-state index contributed by atoms with van der Waals surface area (Å²) in [6.45, 7) is 4.34. The number of benzene rings is 3. The number of fused-ring (bicyclic) bond motifs is 2. The van der Waals surface area contributed by atoms with Crippen molar-refractivity contribution < 1.29 is 0 Å². The van der Waals surface area contributed by atoms with E-state index in [2.05, 4.69) is 108 Å². The molecule has 0 saturated heterocycles. The van der Waals surface area contributed by atoms with Crippen LogP contribution in [0.15, 0.2) is 85.2 Å². The Bertz CT molecular complexity index is 1140. The second-order valence-electron chi connectivity index (χ2n) is 6.91. The van der Waals surface area contributed by atoms with Gasteiger partial charge in [0.25, 0.3) is 0 Å². The Hall–Kier alpha value is -3.26. The smallest absolute Gasteiger partial charge is 0.0531 e. The van der Waals surface area contributed by atoms with Gasteiger partial charge in [-0.2, -0.15) is 0 Å². The summed E-state index contributed by atoms with van der Waals surface area (Å²) in [5.74, 6) is 0. The van der Waals surface area contributed by atoms with Crippen LogP contribution in [-0.4, -0.2) is 9.13 Å². The zero-order valence-corrected chi connectivity index (χ0v) is 15.0. The van der Waals surface area contributed by atoms with Crippen LogP contribution in [0.5, 0.6) is 0 Å². The molecule has 0 N–H and O–H groups in total. The fourth-order valence-corrected chi connectivity index (χ4v) is 3.90. The maximum absolute atomic E-state index is 2.27. The molecule has 5 aromatic rings. The standard InChI is InChI=1S/C24H20N2/c1-17-15-25(23-9-5-3-7-21(17)23)19-11-13-20(14-12-19)26-16-18(2)22-8-4-6-10-24(22)26/h3-16H,1-2H3. The van der Waals surface area contributed by atoms with Crippen LogP contribution in [-0.2, 0) is 0 Å². The summed E-state index contributed by atoms with van der Waals surface area (Å²) >= 11 is 0. The summed E-state index contributed by atoms with van der Waals surface area (Å²) in [4.78, 5) is 0. The van der Waals surface area contributed by atoms with Gasteiger partial charge in [0, 0.05) is 34.5 Å². The predicted octanol–water partition coefficient (Wildman–Crippen LogP) is 6.19. The first-order valence-corrected chi connectivity index (χ1v) is 8.96. The van der Waals surface area contributed by atoms with Crippen LogP contribution in [0.1, 0.15) is 11.1 Å². The molecule has 2 heterocycles. The van der Waals surface area contributed by atoms with E-state index >= 15 is 0 Å². The quantitative estimate of drug-likeness (QED) is 0.364. The molecule has 26 heavy (non-hydrogen) atoms. The number of hydrogen-bond donors (Lipinski definition) is 0. The van der Waals surface area contributed by atoms with Crippen LogP contribution in [0.3, 0.4) is 0 Å². The van der Waals surface area contributed by atoms with Gasteiger partial charge in [0.05, 0.1) is 11.0 Å². The van der Waals surface area contributed by atoms with E-state index in [1.807, 2.05) is 0 Å². The molecular weight excluding hydrogens is 316 g/mol. The van der Waals surface area contributed by atoms with Crippen LogP contribution >= 0.6 is 0 Å². The average Bonchev–Trinajstić information content (AvgIpc) is 3.20. The highest BCUT2D eigenvalue weighted by Gasteiger charge is 2.09. The summed E-state index contributed by atoms with van der Waals surface area (Å²) in [6.07, 6.45) is 4.43. The Labute approximate surface area is 152 Å². The third-order valence-corrected chi connectivity index (χ3v) is 5.23. The van der Waals surface area contributed by atoms with Crippen molar-refractivity contribution in [1.29, 1.82) is 0 Å². The number of hydrogen-bond acceptors (Lipinski definition) is 0. The van der Waals surface area contributed by atoms with E-state index in [1.165, 1.54) is 44.3 Å². The first-order chi connectivity index (χ1) is 12.7. The van der Waals surface area contributed by atoms with Crippen LogP contribution in [0.25, 0.3) is 33.2 Å². The van der Waals surface area contributed by atoms with Crippen molar-refractivity contribution in [3.8, 4) is 11.4 Å². The van der Waals surface area contributed by atoms with E-state index in [-0.39, 0.29) is 0 Å². The largest absolute Gasteiger partial charge is 0.316 e. The molecule has 0 amide bonds. The van der Waals surface area contributed by atoms with Gasteiger partial charge < -0.3 is 9.13 Å². The lowest BCUT2D eigenvalue weighted by Gasteiger charge is -2.09. The van der Waals surface area contributed by atoms with E-state index < -0.39 is 0 Å². The van der Waals surface area contributed by atoms with Crippen LogP contribution in [0, 0.1) is 13.8 Å². The van der Waals surface area contributed by atoms with Crippen molar-refractivity contribution in [1.82, 2.24) is 9.13 Å². The summed E-state index contributed by atoms with van der Waals surface area (Å²) in [5.41, 5.74) is 7.48. The highest BCUT2D eigenvalue weighted by molar-refractivity contribution is 5.86. The molecule has 0 aliphatic rings. The Kier molecular flexibility index (Phi) is 3.26. The SMILES string of the molecule is Cc1cn(-c2ccc(-n3cc(C)c4ccccc43)cc2)c2ccccc12. The molecule has 0 aliphatic heterocycles. The number of aryl methyl sites for hydroxylation is 2. The van der Waals surface area contributed by atoms with E-state index in [1.54, 1.807) is 0 Å². The van der Waals surface area contributed by atoms with Gasteiger partial charge in [-0.15, -0.1) is 0 Å². The lowest BCUT2D eigenvalue weighted by molar-refractivity contribution is 1.09. The van der Waals surface area contributed by atoms with Gasteiger partial charge >= 0.3 is 0 Å². The van der Waals surface area contributed by atoms with Crippen molar-refractivity contribution in [2.45, 2.75) is 13.8 Å². The number of para-hydroxylation sites is 2. The Morgan fingerprint density at radius 2 is 0.885 bits per heavy atom. The minimum Gasteiger partial charge on any atom is -0.316 e. The summed E-state index contributed by atoms with van der Waals surface area (Å²) in [7, 11) is 0. The zero-order chi connectivity index (χ0) is 17.7. The summed E-state index contributed by atoms with van der Waals surface area (Å²) in [5, 5.41) is 2.62. The van der Waals surface area contributed by atoms with Crippen molar-refractivity contribution in [2.24, 2.45) is 0 Å². The van der Waals surface area contributed by atoms with Crippen molar-refractivity contribution in [2.75, 3.05) is 0 Å². The average molecular weight is 336 g/mol. The first-order valence-electron chi connectivity index (χ1n) is 8.96. The second-order valence-corrected chi connectivity index (χ2v) is 6.91. The van der Waals surface area contributed by atoms with Crippen molar-refractivity contribution in [3.63, 3.8) is 0 Å². The highest BCUT2D eigenvalue weighted by Crippen LogP contribution is 2.27. The van der Waals surface area contributed by atoms with Gasteiger partial charge in [-0.25, -0.2) is 0 Å². The van der Waals surface area contributed by atoms with Crippen LogP contribution in [0.2, 0.25) is 0 Å². The molecule has 0 bridgehead atoms. The normalized spacial score (nSPS) is 11.5. The third-order valence-electron chi connectivity index (χ3n) is 5.23. The Morgan fingerprint density at radius 1 is 0.500 bits per heavy atom. The minimum atomic E-state index is 1.19. The fraction of sp³-hybridized carbons (Fsp3) is 0.0833.